The molecule has 0 saturated carbocycles. The van der Waals surface area contributed by atoms with Gasteiger partial charge in [0.1, 0.15) is 5.82 Å². The van der Waals surface area contributed by atoms with E-state index in [4.69, 9.17) is 0 Å². The van der Waals surface area contributed by atoms with Gasteiger partial charge in [0.2, 0.25) is 0 Å². The molecule has 2 atom stereocenters. The van der Waals surface area contributed by atoms with Crippen molar-refractivity contribution in [3.05, 3.63) is 93.2 Å². The minimum Gasteiger partial charge on any atom is -0.318 e. The predicted molar refractivity (Wildman–Crippen MR) is 156 cm³/mol. The molecule has 39 heavy (non-hydrogen) atoms. The van der Waals surface area contributed by atoms with Gasteiger partial charge in [-0.2, -0.15) is 0 Å². The van der Waals surface area contributed by atoms with Crippen LogP contribution in [0, 0.1) is 5.82 Å². The lowest BCUT2D eigenvalue weighted by Crippen LogP contribution is -2.27. The number of pyridine rings is 1. The SMILES string of the molecule is CC(C)S(=O)(=O)Cc1ccc(C(=O)c2ccc(F)cc2)c(-c2cn(C)c(=O)cc2[C@H](C)C[S@@](=O)C(C)(C)C)c1. The summed E-state index contributed by atoms with van der Waals surface area (Å²) in [7, 11) is -3.04. The first-order valence-electron chi connectivity index (χ1n) is 12.8. The Balaban J connectivity index is 2.28. The van der Waals surface area contributed by atoms with Crippen molar-refractivity contribution in [2.75, 3.05) is 5.75 Å². The predicted octanol–water partition coefficient (Wildman–Crippen LogP) is 5.40. The molecule has 1 aromatic heterocycles. The van der Waals surface area contributed by atoms with Crippen molar-refractivity contribution in [3.8, 4) is 11.1 Å². The Kier molecular flexibility index (Phi) is 9.17. The van der Waals surface area contributed by atoms with Crippen LogP contribution in [0.15, 0.2) is 59.5 Å². The zero-order chi connectivity index (χ0) is 29.3. The molecule has 0 amide bonds. The van der Waals surface area contributed by atoms with E-state index in [9.17, 15) is 26.6 Å². The van der Waals surface area contributed by atoms with E-state index in [-0.39, 0.29) is 34.1 Å². The van der Waals surface area contributed by atoms with E-state index >= 15 is 0 Å². The molecule has 0 saturated heterocycles. The maximum absolute atomic E-state index is 13.6. The number of benzene rings is 2. The molecule has 0 unspecified atom stereocenters. The third kappa shape index (κ3) is 7.19. The number of aromatic nitrogens is 1. The van der Waals surface area contributed by atoms with E-state index < -0.39 is 36.5 Å². The molecule has 9 heteroatoms. The van der Waals surface area contributed by atoms with Crippen molar-refractivity contribution in [2.45, 2.75) is 63.2 Å². The third-order valence-corrected chi connectivity index (χ3v) is 11.0. The minimum absolute atomic E-state index is 0.215. The van der Waals surface area contributed by atoms with Crippen LogP contribution in [-0.2, 0) is 33.4 Å². The number of nitrogens with zero attached hydrogens (tertiary/aromatic N) is 1. The zero-order valence-electron chi connectivity index (χ0n) is 23.4. The van der Waals surface area contributed by atoms with Gasteiger partial charge in [-0.3, -0.25) is 13.8 Å². The Bertz CT molecular complexity index is 1570. The quantitative estimate of drug-likeness (QED) is 0.320. The number of hydrogen-bond acceptors (Lipinski definition) is 5. The number of aryl methyl sites for hydroxylation is 1. The van der Waals surface area contributed by atoms with Crippen molar-refractivity contribution < 1.29 is 21.8 Å². The number of sulfone groups is 1. The number of rotatable bonds is 9. The molecule has 0 bridgehead atoms. The van der Waals surface area contributed by atoms with E-state index in [1.54, 1.807) is 45.3 Å². The molecule has 0 spiro atoms. The van der Waals surface area contributed by atoms with Gasteiger partial charge >= 0.3 is 0 Å². The number of carbonyl (C=O) groups excluding carboxylic acids is 1. The van der Waals surface area contributed by atoms with Gasteiger partial charge in [0.05, 0.1) is 11.0 Å². The molecular formula is C30H36FNO5S2. The summed E-state index contributed by atoms with van der Waals surface area (Å²) >= 11 is 0. The van der Waals surface area contributed by atoms with Crippen molar-refractivity contribution in [3.63, 3.8) is 0 Å². The molecule has 0 N–H and O–H groups in total. The topological polar surface area (TPSA) is 90.3 Å². The number of hydrogen-bond donors (Lipinski definition) is 0. The Morgan fingerprint density at radius 2 is 1.62 bits per heavy atom. The normalized spacial score (nSPS) is 13.9. The summed E-state index contributed by atoms with van der Waals surface area (Å²) in [4.78, 5) is 26.4. The van der Waals surface area contributed by atoms with Gasteiger partial charge in [-0.15, -0.1) is 0 Å². The van der Waals surface area contributed by atoms with E-state index in [1.807, 2.05) is 27.7 Å². The molecule has 3 aromatic rings. The highest BCUT2D eigenvalue weighted by molar-refractivity contribution is 7.91. The third-order valence-electron chi connectivity index (χ3n) is 6.69. The lowest BCUT2D eigenvalue weighted by molar-refractivity contribution is 0.103. The van der Waals surface area contributed by atoms with Crippen molar-refractivity contribution in [1.29, 1.82) is 0 Å². The van der Waals surface area contributed by atoms with E-state index in [0.29, 0.717) is 28.0 Å². The number of ketones is 1. The Hall–Kier alpha value is -2.91. The van der Waals surface area contributed by atoms with Gasteiger partial charge < -0.3 is 4.57 Å². The second-order valence-corrected chi connectivity index (χ2v) is 16.0. The second-order valence-electron chi connectivity index (χ2n) is 11.2. The van der Waals surface area contributed by atoms with Crippen LogP contribution in [0.5, 0.6) is 0 Å². The summed E-state index contributed by atoms with van der Waals surface area (Å²) in [5.41, 5.74) is 2.45. The van der Waals surface area contributed by atoms with E-state index in [2.05, 4.69) is 0 Å². The van der Waals surface area contributed by atoms with Crippen LogP contribution in [-0.4, -0.2) is 38.7 Å². The van der Waals surface area contributed by atoms with Gasteiger partial charge in [0, 0.05) is 57.3 Å². The summed E-state index contributed by atoms with van der Waals surface area (Å²) < 4.78 is 52.9. The molecule has 2 aromatic carbocycles. The molecule has 3 rings (SSSR count). The van der Waals surface area contributed by atoms with Crippen LogP contribution >= 0.6 is 0 Å². The van der Waals surface area contributed by atoms with Gasteiger partial charge in [-0.1, -0.05) is 19.1 Å². The fourth-order valence-electron chi connectivity index (χ4n) is 4.10. The molecule has 0 fully saturated rings. The highest BCUT2D eigenvalue weighted by atomic mass is 32.2. The highest BCUT2D eigenvalue weighted by Crippen LogP contribution is 2.34. The highest BCUT2D eigenvalue weighted by Gasteiger charge is 2.26. The first-order valence-corrected chi connectivity index (χ1v) is 15.8. The molecule has 1 heterocycles. The van der Waals surface area contributed by atoms with Gasteiger partial charge in [0.25, 0.3) is 5.56 Å². The summed E-state index contributed by atoms with van der Waals surface area (Å²) in [5.74, 6) is -1.05. The standard InChI is InChI=1S/C30H36FNO5S2/c1-19(2)39(36,37)18-21-8-13-24(29(34)22-9-11-23(31)12-10-22)26(14-21)27-16-32(7)28(33)15-25(27)20(3)17-38(35)30(4,5)6/h8-16,19-20H,17-18H2,1-7H3/t20-,38-/m1/s1. The lowest BCUT2D eigenvalue weighted by atomic mass is 9.88. The summed E-state index contributed by atoms with van der Waals surface area (Å²) in [6.07, 6.45) is 1.63. The molecule has 0 aliphatic heterocycles. The van der Waals surface area contributed by atoms with Crippen LogP contribution in [0.2, 0.25) is 0 Å². The molecule has 0 aliphatic carbocycles. The van der Waals surface area contributed by atoms with E-state index in [0.717, 1.165) is 0 Å². The summed E-state index contributed by atoms with van der Waals surface area (Å²) in [5, 5.41) is -0.581. The number of halogens is 1. The van der Waals surface area contributed by atoms with Gasteiger partial charge in [-0.25, -0.2) is 12.8 Å². The van der Waals surface area contributed by atoms with E-state index in [1.165, 1.54) is 34.9 Å². The molecule has 0 radical (unpaired) electrons. The maximum atomic E-state index is 13.6. The zero-order valence-corrected chi connectivity index (χ0v) is 25.1. The van der Waals surface area contributed by atoms with Crippen LogP contribution in [0.1, 0.15) is 74.5 Å². The Labute approximate surface area is 232 Å². The second kappa shape index (κ2) is 11.7. The molecular weight excluding hydrogens is 537 g/mol. The Morgan fingerprint density at radius 1 is 1.00 bits per heavy atom. The minimum atomic E-state index is -3.44. The van der Waals surface area contributed by atoms with Crippen molar-refractivity contribution in [2.24, 2.45) is 7.05 Å². The van der Waals surface area contributed by atoms with Crippen LogP contribution in [0.25, 0.3) is 11.1 Å². The lowest BCUT2D eigenvalue weighted by Gasteiger charge is -2.23. The van der Waals surface area contributed by atoms with Crippen molar-refractivity contribution >= 4 is 26.4 Å². The molecule has 6 nitrogen and oxygen atoms in total. The maximum Gasteiger partial charge on any atom is 0.250 e. The first kappa shape index (κ1) is 30.6. The summed E-state index contributed by atoms with van der Waals surface area (Å²) in [6, 6.07) is 11.6. The molecule has 0 aliphatic rings. The van der Waals surface area contributed by atoms with Crippen LogP contribution < -0.4 is 5.56 Å². The smallest absolute Gasteiger partial charge is 0.250 e. The van der Waals surface area contributed by atoms with Crippen LogP contribution in [0.3, 0.4) is 0 Å². The van der Waals surface area contributed by atoms with Crippen LogP contribution in [0.4, 0.5) is 4.39 Å². The average Bonchev–Trinajstić information content (AvgIpc) is 2.84. The first-order chi connectivity index (χ1) is 18.0. The average molecular weight is 574 g/mol. The number of carbonyl (C=O) groups is 1. The molecule has 210 valence electrons. The Morgan fingerprint density at radius 3 is 2.18 bits per heavy atom. The fraction of sp³-hybridized carbons (Fsp3) is 0.400. The summed E-state index contributed by atoms with van der Waals surface area (Å²) in [6.45, 7) is 10.8. The fourth-order valence-corrected chi connectivity index (χ4v) is 6.21. The largest absolute Gasteiger partial charge is 0.318 e. The van der Waals surface area contributed by atoms with Crippen molar-refractivity contribution in [1.82, 2.24) is 4.57 Å². The monoisotopic (exact) mass is 573 g/mol. The van der Waals surface area contributed by atoms with Gasteiger partial charge in [0.15, 0.2) is 15.6 Å². The van der Waals surface area contributed by atoms with Gasteiger partial charge in [-0.05, 0) is 87.6 Å².